The minimum absolute atomic E-state index is 0.0406. The van der Waals surface area contributed by atoms with Gasteiger partial charge in [0.05, 0.1) is 6.61 Å². The molecule has 0 radical (unpaired) electrons. The smallest absolute Gasteiger partial charge is 0.239 e. The number of carbonyl (C=O) groups is 4. The average molecular weight is 467 g/mol. The van der Waals surface area contributed by atoms with Crippen molar-refractivity contribution in [2.24, 2.45) is 16.7 Å². The molecule has 1 N–H and O–H groups in total. The van der Waals surface area contributed by atoms with E-state index in [-0.39, 0.29) is 18.8 Å². The second-order valence-electron chi connectivity index (χ2n) is 9.12. The van der Waals surface area contributed by atoms with Crippen LogP contribution in [-0.2, 0) is 23.5 Å². The molecule has 2 aromatic carbocycles. The van der Waals surface area contributed by atoms with Crippen LogP contribution in [0.15, 0.2) is 54.6 Å². The minimum Gasteiger partial charge on any atom is -0.327 e. The Hall–Kier alpha value is -2.89. The maximum atomic E-state index is 13.1. The summed E-state index contributed by atoms with van der Waals surface area (Å²) in [5.41, 5.74) is -1.03. The Morgan fingerprint density at radius 1 is 1.06 bits per heavy atom. The fourth-order valence-electron chi connectivity index (χ4n) is 5.10. The van der Waals surface area contributed by atoms with Crippen molar-refractivity contribution >= 4 is 42.3 Å². The van der Waals surface area contributed by atoms with Gasteiger partial charge in [0, 0.05) is 28.9 Å². The van der Waals surface area contributed by atoms with Gasteiger partial charge in [-0.25, -0.2) is 0 Å². The van der Waals surface area contributed by atoms with E-state index in [1.165, 1.54) is 0 Å². The zero-order valence-electron chi connectivity index (χ0n) is 18.6. The lowest BCUT2D eigenvalue weighted by Crippen LogP contribution is -2.47. The molecule has 0 aliphatic heterocycles. The molecule has 0 saturated heterocycles. The minimum atomic E-state index is -2.56. The van der Waals surface area contributed by atoms with E-state index in [0.717, 1.165) is 0 Å². The molecule has 3 atom stereocenters. The molecule has 4 rings (SSSR count). The summed E-state index contributed by atoms with van der Waals surface area (Å²) in [5, 5.41) is 3.22. The van der Waals surface area contributed by atoms with Gasteiger partial charge in [-0.15, -0.1) is 0 Å². The van der Waals surface area contributed by atoms with Crippen LogP contribution in [0.3, 0.4) is 0 Å². The van der Waals surface area contributed by atoms with E-state index in [4.69, 9.17) is 4.52 Å². The number of ketones is 3. The summed E-state index contributed by atoms with van der Waals surface area (Å²) in [7, 11) is -2.56. The van der Waals surface area contributed by atoms with E-state index in [1.54, 1.807) is 48.5 Å². The van der Waals surface area contributed by atoms with Gasteiger partial charge in [0.1, 0.15) is 5.41 Å². The van der Waals surface area contributed by atoms with E-state index < -0.39 is 42.2 Å². The summed E-state index contributed by atoms with van der Waals surface area (Å²) >= 11 is 0. The zero-order valence-corrected chi connectivity index (χ0v) is 19.6. The van der Waals surface area contributed by atoms with Crippen molar-refractivity contribution in [1.29, 1.82) is 0 Å². The molecular formula is C25H26NO6P. The average Bonchev–Trinajstić information content (AvgIpc) is 3.16. The van der Waals surface area contributed by atoms with Crippen LogP contribution in [0, 0.1) is 16.7 Å². The van der Waals surface area contributed by atoms with Crippen LogP contribution in [0.2, 0.25) is 0 Å². The van der Waals surface area contributed by atoms with Crippen LogP contribution in [0.5, 0.6) is 0 Å². The van der Waals surface area contributed by atoms with Gasteiger partial charge in [0.15, 0.2) is 5.78 Å². The molecule has 2 aliphatic rings. The number of amides is 1. The lowest BCUT2D eigenvalue weighted by molar-refractivity contribution is -0.147. The predicted molar refractivity (Wildman–Crippen MR) is 124 cm³/mol. The Kier molecular flexibility index (Phi) is 6.21. The molecule has 1 amide bonds. The van der Waals surface area contributed by atoms with E-state index in [0.29, 0.717) is 29.4 Å². The molecule has 0 spiro atoms. The van der Waals surface area contributed by atoms with Gasteiger partial charge >= 0.3 is 0 Å². The molecule has 2 saturated carbocycles. The third-order valence-electron chi connectivity index (χ3n) is 7.13. The van der Waals surface area contributed by atoms with Crippen molar-refractivity contribution in [3.8, 4) is 0 Å². The van der Waals surface area contributed by atoms with E-state index >= 15 is 0 Å². The number of rotatable bonds is 8. The highest BCUT2D eigenvalue weighted by atomic mass is 31.1. The molecule has 0 heterocycles. The summed E-state index contributed by atoms with van der Waals surface area (Å²) in [5.74, 6) is -2.00. The van der Waals surface area contributed by atoms with Gasteiger partial charge in [-0.3, -0.25) is 23.7 Å². The monoisotopic (exact) mass is 467 g/mol. The topological polar surface area (TPSA) is 107 Å². The third-order valence-corrected chi connectivity index (χ3v) is 8.40. The van der Waals surface area contributed by atoms with Crippen LogP contribution in [0.25, 0.3) is 0 Å². The molecule has 33 heavy (non-hydrogen) atoms. The molecule has 7 nitrogen and oxygen atoms in total. The predicted octanol–water partition coefficient (Wildman–Crippen LogP) is 3.59. The molecule has 0 aromatic heterocycles. The first-order valence-electron chi connectivity index (χ1n) is 10.9. The van der Waals surface area contributed by atoms with Crippen LogP contribution in [0.4, 0.5) is 5.69 Å². The molecule has 3 unspecified atom stereocenters. The highest BCUT2D eigenvalue weighted by molar-refractivity contribution is 7.48. The van der Waals surface area contributed by atoms with Gasteiger partial charge in [0.2, 0.25) is 25.5 Å². The first-order chi connectivity index (χ1) is 15.7. The first-order valence-corrected chi connectivity index (χ1v) is 12.3. The summed E-state index contributed by atoms with van der Waals surface area (Å²) < 4.78 is 17.8. The third kappa shape index (κ3) is 3.90. The second kappa shape index (κ2) is 8.81. The van der Waals surface area contributed by atoms with Gasteiger partial charge in [-0.1, -0.05) is 44.2 Å². The summed E-state index contributed by atoms with van der Waals surface area (Å²) in [6.07, 6.45) is 1.03. The van der Waals surface area contributed by atoms with Crippen LogP contribution >= 0.6 is 8.03 Å². The Morgan fingerprint density at radius 2 is 1.73 bits per heavy atom. The van der Waals surface area contributed by atoms with Crippen molar-refractivity contribution in [2.45, 2.75) is 33.1 Å². The molecular weight excluding hydrogens is 441 g/mol. The Balaban J connectivity index is 1.35. The maximum Gasteiger partial charge on any atom is 0.239 e. The van der Waals surface area contributed by atoms with Crippen molar-refractivity contribution in [1.82, 2.24) is 0 Å². The SMILES string of the molecule is CC1(C)C2CCC1(C(=O)Nc1ccc([PH](=O)OCCC(=O)c3ccccc3)cc1)C(=O)C2=O. The molecule has 8 heteroatoms. The second-order valence-corrected chi connectivity index (χ2v) is 10.6. The summed E-state index contributed by atoms with van der Waals surface area (Å²) in [6.45, 7) is 3.66. The van der Waals surface area contributed by atoms with Crippen molar-refractivity contribution < 1.29 is 28.3 Å². The molecule has 2 aromatic rings. The standard InChI is InChI=1S/C25H26NO6P/c1-24(2)19-12-14-25(24,22(29)21(19)28)23(30)26-17-8-10-18(11-9-17)33(31)32-15-13-20(27)16-6-4-3-5-7-16/h3-11,19,33H,12-15H2,1-2H3,(H,26,30). The fourth-order valence-corrected chi connectivity index (χ4v) is 5.99. The number of hydrogen-bond acceptors (Lipinski definition) is 6. The number of nitrogens with one attached hydrogen (secondary N) is 1. The number of carbonyl (C=O) groups excluding carboxylic acids is 4. The maximum absolute atomic E-state index is 13.1. The first kappa shape index (κ1) is 23.3. The number of anilines is 1. The van der Waals surface area contributed by atoms with E-state index in [1.807, 2.05) is 19.9 Å². The zero-order chi connectivity index (χ0) is 23.8. The fraction of sp³-hybridized carbons (Fsp3) is 0.360. The highest BCUT2D eigenvalue weighted by Gasteiger charge is 2.72. The molecule has 2 aliphatic carbocycles. The van der Waals surface area contributed by atoms with Crippen molar-refractivity contribution in [3.63, 3.8) is 0 Å². The van der Waals surface area contributed by atoms with Gasteiger partial charge in [0.25, 0.3) is 0 Å². The quantitative estimate of drug-likeness (QED) is 0.275. The lowest BCUT2D eigenvalue weighted by atomic mass is 9.68. The highest BCUT2D eigenvalue weighted by Crippen LogP contribution is 2.62. The van der Waals surface area contributed by atoms with E-state index in [9.17, 15) is 23.7 Å². The Bertz CT molecular complexity index is 1140. The van der Waals surface area contributed by atoms with E-state index in [2.05, 4.69) is 5.32 Å². The molecule has 172 valence electrons. The Labute approximate surface area is 192 Å². The summed E-state index contributed by atoms with van der Waals surface area (Å²) in [4.78, 5) is 50.1. The van der Waals surface area contributed by atoms with Crippen molar-refractivity contribution in [3.05, 3.63) is 60.2 Å². The Morgan fingerprint density at radius 3 is 2.33 bits per heavy atom. The van der Waals surface area contributed by atoms with Gasteiger partial charge in [-0.2, -0.15) is 0 Å². The number of fused-ring (bicyclic) bond motifs is 2. The number of benzene rings is 2. The van der Waals surface area contributed by atoms with Crippen LogP contribution in [0.1, 0.15) is 43.5 Å². The molecule has 2 fully saturated rings. The van der Waals surface area contributed by atoms with Crippen LogP contribution < -0.4 is 10.6 Å². The summed E-state index contributed by atoms with van der Waals surface area (Å²) in [6, 6.07) is 15.2. The van der Waals surface area contributed by atoms with Gasteiger partial charge in [-0.05, 0) is 42.5 Å². The lowest BCUT2D eigenvalue weighted by Gasteiger charge is -2.33. The van der Waals surface area contributed by atoms with Crippen molar-refractivity contribution in [2.75, 3.05) is 11.9 Å². The van der Waals surface area contributed by atoms with Crippen LogP contribution in [-0.4, -0.2) is 29.9 Å². The number of hydrogen-bond donors (Lipinski definition) is 1. The van der Waals surface area contributed by atoms with Gasteiger partial charge < -0.3 is 9.84 Å². The normalized spacial score (nSPS) is 24.0. The molecule has 2 bridgehead atoms. The number of Topliss-reactive ketones (excluding diaryl/α,β-unsaturated/α-hetero) is 3. The largest absolute Gasteiger partial charge is 0.327 e.